The molecule has 3 aromatic rings. The van der Waals surface area contributed by atoms with Crippen molar-refractivity contribution in [2.24, 2.45) is 0 Å². The van der Waals surface area contributed by atoms with E-state index in [-0.39, 0.29) is 17.6 Å². The molecule has 2 atom stereocenters. The van der Waals surface area contributed by atoms with Crippen LogP contribution >= 0.6 is 0 Å². The van der Waals surface area contributed by atoms with Gasteiger partial charge in [0, 0.05) is 38.8 Å². The predicted molar refractivity (Wildman–Crippen MR) is 125 cm³/mol. The van der Waals surface area contributed by atoms with Gasteiger partial charge in [0.05, 0.1) is 24.5 Å². The fourth-order valence-electron chi connectivity index (χ4n) is 4.46. The summed E-state index contributed by atoms with van der Waals surface area (Å²) >= 11 is 0. The summed E-state index contributed by atoms with van der Waals surface area (Å²) < 4.78 is 45.0. The van der Waals surface area contributed by atoms with Gasteiger partial charge >= 0.3 is 6.09 Å². The predicted octanol–water partition coefficient (Wildman–Crippen LogP) is 3.09. The van der Waals surface area contributed by atoms with Gasteiger partial charge in [0.2, 0.25) is 0 Å². The van der Waals surface area contributed by atoms with Gasteiger partial charge < -0.3 is 23.7 Å². The highest BCUT2D eigenvalue weighted by Gasteiger charge is 2.41. The van der Waals surface area contributed by atoms with E-state index in [0.29, 0.717) is 74.4 Å². The van der Waals surface area contributed by atoms with Gasteiger partial charge in [-0.3, -0.25) is 10.2 Å². The molecule has 2 unspecified atom stereocenters. The molecule has 184 valence electrons. The SMILES string of the molecule is CC1(NCC2CN(c3ccc(N4CCN(c5nc6cc(F)ccc6o5)CC4)c(F)c3)C(=O)O2)CO1. The minimum atomic E-state index is -0.488. The molecule has 3 saturated heterocycles. The van der Waals surface area contributed by atoms with Gasteiger partial charge in [0.15, 0.2) is 5.58 Å². The lowest BCUT2D eigenvalue weighted by molar-refractivity contribution is 0.132. The number of rotatable bonds is 6. The summed E-state index contributed by atoms with van der Waals surface area (Å²) in [4.78, 5) is 22.1. The molecule has 0 bridgehead atoms. The van der Waals surface area contributed by atoms with Gasteiger partial charge in [0.25, 0.3) is 6.01 Å². The molecule has 1 amide bonds. The molecule has 11 heteroatoms. The summed E-state index contributed by atoms with van der Waals surface area (Å²) in [5.74, 6) is -0.765. The van der Waals surface area contributed by atoms with E-state index in [1.165, 1.54) is 23.1 Å². The molecule has 0 aliphatic carbocycles. The molecular formula is C24H25F2N5O4. The quantitative estimate of drug-likeness (QED) is 0.533. The number of anilines is 3. The van der Waals surface area contributed by atoms with Crippen LogP contribution in [-0.4, -0.2) is 68.8 Å². The molecule has 35 heavy (non-hydrogen) atoms. The lowest BCUT2D eigenvalue weighted by atomic mass is 10.2. The number of cyclic esters (lactones) is 1. The van der Waals surface area contributed by atoms with Gasteiger partial charge in [-0.25, -0.2) is 13.6 Å². The Hall–Kier alpha value is -3.44. The molecule has 0 spiro atoms. The third-order valence-corrected chi connectivity index (χ3v) is 6.63. The second kappa shape index (κ2) is 8.35. The number of piperazine rings is 1. The van der Waals surface area contributed by atoms with Crippen molar-refractivity contribution < 1.29 is 27.5 Å². The Morgan fingerprint density at radius 1 is 1.11 bits per heavy atom. The van der Waals surface area contributed by atoms with Crippen LogP contribution in [0, 0.1) is 11.6 Å². The van der Waals surface area contributed by atoms with Gasteiger partial charge in [-0.15, -0.1) is 0 Å². The van der Waals surface area contributed by atoms with E-state index >= 15 is 4.39 Å². The maximum atomic E-state index is 15.1. The van der Waals surface area contributed by atoms with Crippen molar-refractivity contribution in [3.63, 3.8) is 0 Å². The van der Waals surface area contributed by atoms with Crippen molar-refractivity contribution in [2.75, 3.05) is 60.6 Å². The Balaban J connectivity index is 1.09. The molecule has 1 aromatic heterocycles. The molecule has 3 aliphatic rings. The maximum Gasteiger partial charge on any atom is 0.414 e. The van der Waals surface area contributed by atoms with Crippen LogP contribution in [0.3, 0.4) is 0 Å². The highest BCUT2D eigenvalue weighted by atomic mass is 19.1. The highest BCUT2D eigenvalue weighted by Crippen LogP contribution is 2.30. The third kappa shape index (κ3) is 4.37. The van der Waals surface area contributed by atoms with Gasteiger partial charge in [-0.1, -0.05) is 0 Å². The molecule has 6 rings (SSSR count). The number of halogens is 2. The average Bonchev–Trinajstić information content (AvgIpc) is 3.25. The van der Waals surface area contributed by atoms with Crippen LogP contribution in [0.25, 0.3) is 11.1 Å². The van der Waals surface area contributed by atoms with Gasteiger partial charge in [0.1, 0.15) is 29.0 Å². The number of nitrogens with one attached hydrogen (secondary N) is 1. The summed E-state index contributed by atoms with van der Waals surface area (Å²) in [5.41, 5.74) is 1.59. The van der Waals surface area contributed by atoms with Crippen molar-refractivity contribution in [1.82, 2.24) is 10.3 Å². The zero-order chi connectivity index (χ0) is 24.2. The van der Waals surface area contributed by atoms with Gasteiger partial charge in [-0.05, 0) is 37.3 Å². The maximum absolute atomic E-state index is 15.1. The van der Waals surface area contributed by atoms with Crippen molar-refractivity contribution >= 4 is 34.6 Å². The van der Waals surface area contributed by atoms with Crippen LogP contribution in [0.4, 0.5) is 31.0 Å². The Morgan fingerprint density at radius 2 is 1.89 bits per heavy atom. The first-order valence-electron chi connectivity index (χ1n) is 11.6. The number of amides is 1. The van der Waals surface area contributed by atoms with Gasteiger partial charge in [-0.2, -0.15) is 4.98 Å². The van der Waals surface area contributed by atoms with Crippen LogP contribution in [0.1, 0.15) is 6.92 Å². The Labute approximate surface area is 200 Å². The monoisotopic (exact) mass is 485 g/mol. The second-order valence-electron chi connectivity index (χ2n) is 9.24. The molecule has 3 fully saturated rings. The van der Waals surface area contributed by atoms with E-state index < -0.39 is 11.9 Å². The number of epoxide rings is 1. The average molecular weight is 485 g/mol. The first kappa shape index (κ1) is 22.1. The molecule has 3 aliphatic heterocycles. The summed E-state index contributed by atoms with van der Waals surface area (Å²) in [7, 11) is 0. The van der Waals surface area contributed by atoms with Crippen LogP contribution in [0.5, 0.6) is 0 Å². The number of oxazole rings is 1. The zero-order valence-corrected chi connectivity index (χ0v) is 19.2. The molecule has 4 heterocycles. The largest absolute Gasteiger partial charge is 0.443 e. The first-order chi connectivity index (χ1) is 16.9. The van der Waals surface area contributed by atoms with E-state index in [1.807, 2.05) is 16.7 Å². The minimum Gasteiger partial charge on any atom is -0.443 e. The number of fused-ring (bicyclic) bond motifs is 1. The standard InChI is InChI=1S/C24H25F2N5O4/c1-24(14-33-24)27-12-17-13-31(23(32)34-17)16-3-4-20(18(26)11-16)29-6-8-30(9-7-29)22-28-19-10-15(25)2-5-21(19)35-22/h2-5,10-11,17,27H,6-9,12-14H2,1H3. The van der Waals surface area contributed by atoms with E-state index in [2.05, 4.69) is 10.3 Å². The van der Waals surface area contributed by atoms with E-state index in [0.717, 1.165) is 0 Å². The zero-order valence-electron chi connectivity index (χ0n) is 19.2. The Bertz CT molecular complexity index is 1270. The number of aromatic nitrogens is 1. The smallest absolute Gasteiger partial charge is 0.414 e. The van der Waals surface area contributed by atoms with Crippen molar-refractivity contribution in [1.29, 1.82) is 0 Å². The molecule has 2 aromatic carbocycles. The van der Waals surface area contributed by atoms with Crippen LogP contribution < -0.4 is 20.0 Å². The number of hydrogen-bond donors (Lipinski definition) is 1. The molecular weight excluding hydrogens is 460 g/mol. The van der Waals surface area contributed by atoms with Crippen molar-refractivity contribution in [3.05, 3.63) is 48.0 Å². The second-order valence-corrected chi connectivity index (χ2v) is 9.24. The summed E-state index contributed by atoms with van der Waals surface area (Å²) in [6, 6.07) is 9.48. The molecule has 1 N–H and O–H groups in total. The number of carbonyl (C=O) groups is 1. The molecule has 9 nitrogen and oxygen atoms in total. The Morgan fingerprint density at radius 3 is 2.63 bits per heavy atom. The highest BCUT2D eigenvalue weighted by molar-refractivity contribution is 5.90. The van der Waals surface area contributed by atoms with Crippen molar-refractivity contribution in [2.45, 2.75) is 18.8 Å². The lowest BCUT2D eigenvalue weighted by Crippen LogP contribution is -2.47. The number of carbonyl (C=O) groups excluding carboxylic acids is 1. The normalized spacial score (nSPS) is 24.4. The summed E-state index contributed by atoms with van der Waals surface area (Å²) in [5, 5.41) is 3.22. The van der Waals surface area contributed by atoms with Crippen LogP contribution in [0.15, 0.2) is 40.8 Å². The number of ether oxygens (including phenoxy) is 2. The third-order valence-electron chi connectivity index (χ3n) is 6.63. The first-order valence-corrected chi connectivity index (χ1v) is 11.6. The van der Waals surface area contributed by atoms with E-state index in [1.54, 1.807) is 18.2 Å². The number of benzene rings is 2. The number of nitrogens with zero attached hydrogens (tertiary/aromatic N) is 4. The summed E-state index contributed by atoms with van der Waals surface area (Å²) in [6.45, 7) is 5.65. The summed E-state index contributed by atoms with van der Waals surface area (Å²) in [6.07, 6.45) is -0.819. The van der Waals surface area contributed by atoms with Crippen LogP contribution in [-0.2, 0) is 9.47 Å². The molecule has 0 radical (unpaired) electrons. The fourth-order valence-corrected chi connectivity index (χ4v) is 4.46. The van der Waals surface area contributed by atoms with Crippen molar-refractivity contribution in [3.8, 4) is 0 Å². The number of hydrogen-bond acceptors (Lipinski definition) is 8. The van der Waals surface area contributed by atoms with Crippen LogP contribution in [0.2, 0.25) is 0 Å². The Kier molecular flexibility index (Phi) is 5.26. The molecule has 0 saturated carbocycles. The van der Waals surface area contributed by atoms with E-state index in [9.17, 15) is 9.18 Å². The topological polar surface area (TPSA) is 86.6 Å². The fraction of sp³-hybridized carbons (Fsp3) is 0.417. The van der Waals surface area contributed by atoms with E-state index in [4.69, 9.17) is 13.9 Å². The minimum absolute atomic E-state index is 0.331. The lowest BCUT2D eigenvalue weighted by Gasteiger charge is -2.35.